The molecule has 1 heterocycles. The predicted octanol–water partition coefficient (Wildman–Crippen LogP) is 1.55. The van der Waals surface area contributed by atoms with Crippen molar-refractivity contribution in [2.45, 2.75) is 25.3 Å². The van der Waals surface area contributed by atoms with Gasteiger partial charge in [-0.15, -0.1) is 10.2 Å². The number of sulfonamides is 1. The maximum Gasteiger partial charge on any atom is 0.264 e. The standard InChI is InChI=1S/C11H13FN4O2S2/c1-6-9(12)3-8(5-13)4-10(6)20(17,18)16-11-15-14-7(2)19-11/h3-4H,5,13H2,1-2H3,(H,15,16). The van der Waals surface area contributed by atoms with E-state index in [4.69, 9.17) is 5.73 Å². The molecule has 0 unspecified atom stereocenters. The van der Waals surface area contributed by atoms with Gasteiger partial charge < -0.3 is 5.73 Å². The lowest BCUT2D eigenvalue weighted by Gasteiger charge is -2.10. The molecule has 0 saturated heterocycles. The minimum atomic E-state index is -3.92. The number of nitrogens with one attached hydrogen (secondary N) is 1. The van der Waals surface area contributed by atoms with Gasteiger partial charge in [0.1, 0.15) is 10.8 Å². The van der Waals surface area contributed by atoms with Gasteiger partial charge in [0.25, 0.3) is 10.0 Å². The lowest BCUT2D eigenvalue weighted by molar-refractivity contribution is 0.589. The van der Waals surface area contributed by atoms with E-state index in [-0.39, 0.29) is 22.1 Å². The molecule has 0 aliphatic carbocycles. The van der Waals surface area contributed by atoms with Crippen LogP contribution in [0.4, 0.5) is 9.52 Å². The topological polar surface area (TPSA) is 98.0 Å². The van der Waals surface area contributed by atoms with Crippen LogP contribution in [0.1, 0.15) is 16.1 Å². The highest BCUT2D eigenvalue weighted by Gasteiger charge is 2.21. The van der Waals surface area contributed by atoms with Crippen LogP contribution in [0, 0.1) is 19.7 Å². The fraction of sp³-hybridized carbons (Fsp3) is 0.273. The van der Waals surface area contributed by atoms with Crippen LogP contribution in [-0.4, -0.2) is 18.6 Å². The van der Waals surface area contributed by atoms with Crippen molar-refractivity contribution in [1.29, 1.82) is 0 Å². The fourth-order valence-electron chi connectivity index (χ4n) is 1.61. The lowest BCUT2D eigenvalue weighted by atomic mass is 10.1. The summed E-state index contributed by atoms with van der Waals surface area (Å²) in [4.78, 5) is -0.147. The molecule has 0 atom stereocenters. The molecule has 1 aromatic carbocycles. The number of benzene rings is 1. The van der Waals surface area contributed by atoms with Crippen LogP contribution >= 0.6 is 11.3 Å². The molecule has 6 nitrogen and oxygen atoms in total. The number of aryl methyl sites for hydroxylation is 1. The van der Waals surface area contributed by atoms with E-state index in [1.165, 1.54) is 19.1 Å². The van der Waals surface area contributed by atoms with Crippen LogP contribution in [-0.2, 0) is 16.6 Å². The number of aromatic nitrogens is 2. The number of nitrogens with two attached hydrogens (primary N) is 1. The highest BCUT2D eigenvalue weighted by Crippen LogP contribution is 2.24. The van der Waals surface area contributed by atoms with E-state index in [0.717, 1.165) is 11.3 Å². The molecule has 2 aromatic rings. The lowest BCUT2D eigenvalue weighted by Crippen LogP contribution is -2.16. The van der Waals surface area contributed by atoms with Gasteiger partial charge in [-0.05, 0) is 31.5 Å². The molecule has 1 aromatic heterocycles. The van der Waals surface area contributed by atoms with Gasteiger partial charge in [-0.2, -0.15) is 0 Å². The molecule has 0 saturated carbocycles. The first kappa shape index (κ1) is 14.8. The van der Waals surface area contributed by atoms with Crippen molar-refractivity contribution in [1.82, 2.24) is 10.2 Å². The largest absolute Gasteiger partial charge is 0.326 e. The average molecular weight is 316 g/mol. The van der Waals surface area contributed by atoms with Crippen molar-refractivity contribution in [3.63, 3.8) is 0 Å². The average Bonchev–Trinajstić information content (AvgIpc) is 2.76. The summed E-state index contributed by atoms with van der Waals surface area (Å²) in [6, 6.07) is 2.58. The summed E-state index contributed by atoms with van der Waals surface area (Å²) in [6.45, 7) is 3.16. The highest BCUT2D eigenvalue weighted by atomic mass is 32.2. The Morgan fingerprint density at radius 1 is 1.35 bits per heavy atom. The Bertz CT molecular complexity index is 743. The molecule has 0 amide bonds. The number of rotatable bonds is 4. The van der Waals surface area contributed by atoms with Gasteiger partial charge in [-0.1, -0.05) is 11.3 Å². The third kappa shape index (κ3) is 2.94. The maximum atomic E-state index is 13.7. The summed E-state index contributed by atoms with van der Waals surface area (Å²) in [5.74, 6) is -0.609. The quantitative estimate of drug-likeness (QED) is 0.892. The molecule has 0 aliphatic rings. The third-order valence-corrected chi connectivity index (χ3v) is 4.98. The molecule has 9 heteroatoms. The van der Waals surface area contributed by atoms with Crippen LogP contribution in [0.2, 0.25) is 0 Å². The summed E-state index contributed by atoms with van der Waals surface area (Å²) in [7, 11) is -3.92. The number of anilines is 1. The summed E-state index contributed by atoms with van der Waals surface area (Å²) < 4.78 is 40.6. The van der Waals surface area contributed by atoms with Crippen LogP contribution in [0.5, 0.6) is 0 Å². The van der Waals surface area contributed by atoms with Crippen LogP contribution in [0.15, 0.2) is 17.0 Å². The minimum absolute atomic E-state index is 0.0379. The van der Waals surface area contributed by atoms with Gasteiger partial charge in [0, 0.05) is 12.1 Å². The van der Waals surface area contributed by atoms with E-state index in [0.29, 0.717) is 10.6 Å². The monoisotopic (exact) mass is 316 g/mol. The Labute approximate surface area is 119 Å². The third-order valence-electron chi connectivity index (χ3n) is 2.63. The first-order chi connectivity index (χ1) is 9.33. The first-order valence-electron chi connectivity index (χ1n) is 5.65. The van der Waals surface area contributed by atoms with Crippen molar-refractivity contribution >= 4 is 26.5 Å². The Hall–Kier alpha value is -1.58. The minimum Gasteiger partial charge on any atom is -0.326 e. The van der Waals surface area contributed by atoms with Crippen molar-refractivity contribution in [3.05, 3.63) is 34.1 Å². The molecule has 20 heavy (non-hydrogen) atoms. The van der Waals surface area contributed by atoms with Gasteiger partial charge in [0.2, 0.25) is 5.13 Å². The van der Waals surface area contributed by atoms with Crippen LogP contribution in [0.3, 0.4) is 0 Å². The van der Waals surface area contributed by atoms with E-state index < -0.39 is 15.8 Å². The molecular weight excluding hydrogens is 303 g/mol. The Kier molecular flexibility index (Phi) is 4.02. The van der Waals surface area contributed by atoms with Crippen molar-refractivity contribution in [3.8, 4) is 0 Å². The van der Waals surface area contributed by atoms with E-state index in [1.807, 2.05) is 0 Å². The molecule has 0 radical (unpaired) electrons. The summed E-state index contributed by atoms with van der Waals surface area (Å²) in [5, 5.41) is 8.16. The zero-order chi connectivity index (χ0) is 14.9. The molecule has 0 aliphatic heterocycles. The molecule has 0 spiro atoms. The number of nitrogens with zero attached hydrogens (tertiary/aromatic N) is 2. The van der Waals surface area contributed by atoms with Gasteiger partial charge in [0.05, 0.1) is 4.90 Å². The molecule has 0 bridgehead atoms. The van der Waals surface area contributed by atoms with Crippen LogP contribution < -0.4 is 10.5 Å². The van der Waals surface area contributed by atoms with Gasteiger partial charge in [-0.25, -0.2) is 12.8 Å². The SMILES string of the molecule is Cc1nnc(NS(=O)(=O)c2cc(CN)cc(F)c2C)s1. The summed E-state index contributed by atoms with van der Waals surface area (Å²) in [6.07, 6.45) is 0. The summed E-state index contributed by atoms with van der Waals surface area (Å²) >= 11 is 1.10. The second-order valence-electron chi connectivity index (χ2n) is 4.14. The molecular formula is C11H13FN4O2S2. The van der Waals surface area contributed by atoms with Crippen LogP contribution in [0.25, 0.3) is 0 Å². The molecule has 0 fully saturated rings. The highest BCUT2D eigenvalue weighted by molar-refractivity contribution is 7.93. The van der Waals surface area contributed by atoms with E-state index in [9.17, 15) is 12.8 Å². The van der Waals surface area contributed by atoms with Gasteiger partial charge >= 0.3 is 0 Å². The van der Waals surface area contributed by atoms with Gasteiger partial charge in [0.15, 0.2) is 0 Å². The summed E-state index contributed by atoms with van der Waals surface area (Å²) in [5.41, 5.74) is 5.88. The Morgan fingerprint density at radius 2 is 2.05 bits per heavy atom. The van der Waals surface area contributed by atoms with Crippen molar-refractivity contribution in [2.24, 2.45) is 5.73 Å². The zero-order valence-electron chi connectivity index (χ0n) is 10.8. The molecule has 2 rings (SSSR count). The molecule has 3 N–H and O–H groups in total. The maximum absolute atomic E-state index is 13.7. The van der Waals surface area contributed by atoms with E-state index in [1.54, 1.807) is 6.92 Å². The second-order valence-corrected chi connectivity index (χ2v) is 6.97. The normalized spacial score (nSPS) is 11.6. The predicted molar refractivity (Wildman–Crippen MR) is 74.5 cm³/mol. The number of hydrogen-bond acceptors (Lipinski definition) is 6. The second kappa shape index (κ2) is 5.43. The Morgan fingerprint density at radius 3 is 2.60 bits per heavy atom. The van der Waals surface area contributed by atoms with Crippen molar-refractivity contribution < 1.29 is 12.8 Å². The van der Waals surface area contributed by atoms with E-state index >= 15 is 0 Å². The smallest absolute Gasteiger partial charge is 0.264 e. The number of hydrogen-bond donors (Lipinski definition) is 2. The van der Waals surface area contributed by atoms with E-state index in [2.05, 4.69) is 14.9 Å². The fourth-order valence-corrected chi connectivity index (χ4v) is 3.74. The van der Waals surface area contributed by atoms with Gasteiger partial charge in [-0.3, -0.25) is 4.72 Å². The Balaban J connectivity index is 2.46. The zero-order valence-corrected chi connectivity index (χ0v) is 12.5. The number of halogens is 1. The van der Waals surface area contributed by atoms with Crippen molar-refractivity contribution in [2.75, 3.05) is 4.72 Å². The molecule has 108 valence electrons. The first-order valence-corrected chi connectivity index (χ1v) is 7.95.